The molecule has 0 saturated carbocycles. The van der Waals surface area contributed by atoms with Crippen molar-refractivity contribution in [3.8, 4) is 0 Å². The van der Waals surface area contributed by atoms with E-state index in [1.165, 1.54) is 25.1 Å². The lowest BCUT2D eigenvalue weighted by molar-refractivity contribution is -0.141. The number of aliphatic carboxylic acids is 1. The van der Waals surface area contributed by atoms with Crippen molar-refractivity contribution in [3.63, 3.8) is 0 Å². The van der Waals surface area contributed by atoms with Crippen molar-refractivity contribution in [3.05, 3.63) is 29.6 Å². The minimum atomic E-state index is -1.55. The first-order chi connectivity index (χ1) is 9.19. The van der Waals surface area contributed by atoms with Crippen molar-refractivity contribution >= 4 is 17.7 Å². The third-order valence-corrected chi connectivity index (χ3v) is 2.59. The van der Waals surface area contributed by atoms with Crippen LogP contribution in [0.2, 0.25) is 0 Å². The van der Waals surface area contributed by atoms with E-state index in [2.05, 4.69) is 10.6 Å². The van der Waals surface area contributed by atoms with Gasteiger partial charge < -0.3 is 20.8 Å². The van der Waals surface area contributed by atoms with Gasteiger partial charge in [-0.05, 0) is 31.5 Å². The first-order valence-electron chi connectivity index (χ1n) is 5.95. The predicted octanol–water partition coefficient (Wildman–Crippen LogP) is 1.48. The van der Waals surface area contributed by atoms with Crippen LogP contribution in [-0.4, -0.2) is 34.4 Å². The van der Waals surface area contributed by atoms with Gasteiger partial charge in [0.05, 0.1) is 12.0 Å². The van der Waals surface area contributed by atoms with E-state index in [0.717, 1.165) is 0 Å². The normalized spacial score (nSPS) is 13.4. The number of carboxylic acid groups (broad SMARTS) is 1. The van der Waals surface area contributed by atoms with Crippen LogP contribution in [0.3, 0.4) is 0 Å². The molecule has 110 valence electrons. The van der Waals surface area contributed by atoms with Gasteiger partial charge in [-0.25, -0.2) is 9.18 Å². The van der Waals surface area contributed by atoms with E-state index in [0.29, 0.717) is 5.56 Å². The zero-order chi connectivity index (χ0) is 15.3. The number of halogens is 1. The lowest BCUT2D eigenvalue weighted by atomic mass is 10.0. The number of aryl methyl sites for hydroxylation is 1. The molecule has 4 N–H and O–H groups in total. The summed E-state index contributed by atoms with van der Waals surface area (Å²) in [6, 6.07) is 3.57. The van der Waals surface area contributed by atoms with Gasteiger partial charge >= 0.3 is 12.0 Å². The number of rotatable bonds is 5. The van der Waals surface area contributed by atoms with Crippen molar-refractivity contribution in [2.24, 2.45) is 0 Å². The number of benzene rings is 1. The molecule has 0 heterocycles. The average Bonchev–Trinajstić information content (AvgIpc) is 2.30. The first kappa shape index (κ1) is 15.9. The molecule has 1 aromatic rings. The van der Waals surface area contributed by atoms with Crippen molar-refractivity contribution in [1.82, 2.24) is 5.32 Å². The Morgan fingerprint density at radius 2 is 2.05 bits per heavy atom. The summed E-state index contributed by atoms with van der Waals surface area (Å²) in [6.07, 6.45) is -0.494. The molecule has 0 spiro atoms. The van der Waals surface area contributed by atoms with Gasteiger partial charge in [-0.1, -0.05) is 6.07 Å². The fourth-order valence-electron chi connectivity index (χ4n) is 1.50. The number of aliphatic hydroxyl groups is 1. The SMILES string of the molecule is Cc1ccc(NC(=O)NCC(C)(O)CC(=O)O)cc1F. The van der Waals surface area contributed by atoms with Crippen LogP contribution in [0.5, 0.6) is 0 Å². The fraction of sp³-hybridized carbons (Fsp3) is 0.385. The Morgan fingerprint density at radius 3 is 2.60 bits per heavy atom. The molecule has 0 aliphatic heterocycles. The molecule has 0 aliphatic carbocycles. The zero-order valence-corrected chi connectivity index (χ0v) is 11.2. The highest BCUT2D eigenvalue weighted by Gasteiger charge is 2.24. The largest absolute Gasteiger partial charge is 0.481 e. The maximum atomic E-state index is 13.3. The van der Waals surface area contributed by atoms with Crippen LogP contribution in [0, 0.1) is 12.7 Å². The molecule has 20 heavy (non-hydrogen) atoms. The van der Waals surface area contributed by atoms with Crippen molar-refractivity contribution < 1.29 is 24.2 Å². The van der Waals surface area contributed by atoms with Crippen molar-refractivity contribution in [2.45, 2.75) is 25.9 Å². The summed E-state index contributed by atoms with van der Waals surface area (Å²) in [5.74, 6) is -1.61. The van der Waals surface area contributed by atoms with Gasteiger partial charge in [-0.15, -0.1) is 0 Å². The van der Waals surface area contributed by atoms with Crippen LogP contribution in [0.4, 0.5) is 14.9 Å². The summed E-state index contributed by atoms with van der Waals surface area (Å²) >= 11 is 0. The highest BCUT2D eigenvalue weighted by molar-refractivity contribution is 5.89. The molecule has 0 aliphatic rings. The Kier molecular flexibility index (Phi) is 5.04. The van der Waals surface area contributed by atoms with Gasteiger partial charge in [0, 0.05) is 12.2 Å². The molecule has 2 amide bonds. The maximum Gasteiger partial charge on any atom is 0.319 e. The quantitative estimate of drug-likeness (QED) is 0.658. The van der Waals surface area contributed by atoms with Crippen LogP contribution >= 0.6 is 0 Å². The van der Waals surface area contributed by atoms with Gasteiger partial charge in [0.15, 0.2) is 0 Å². The maximum absolute atomic E-state index is 13.3. The molecule has 0 aromatic heterocycles. The first-order valence-corrected chi connectivity index (χ1v) is 5.95. The number of anilines is 1. The molecule has 6 nitrogen and oxygen atoms in total. The van der Waals surface area contributed by atoms with E-state index < -0.39 is 29.8 Å². The minimum absolute atomic E-state index is 0.237. The van der Waals surface area contributed by atoms with Crippen LogP contribution in [0.25, 0.3) is 0 Å². The van der Waals surface area contributed by atoms with Crippen LogP contribution in [-0.2, 0) is 4.79 Å². The van der Waals surface area contributed by atoms with Gasteiger partial charge in [-0.2, -0.15) is 0 Å². The number of urea groups is 1. The molecule has 0 radical (unpaired) electrons. The topological polar surface area (TPSA) is 98.7 Å². The Morgan fingerprint density at radius 1 is 1.40 bits per heavy atom. The van der Waals surface area contributed by atoms with E-state index in [9.17, 15) is 19.1 Å². The highest BCUT2D eigenvalue weighted by Crippen LogP contribution is 2.13. The minimum Gasteiger partial charge on any atom is -0.481 e. The second-order valence-corrected chi connectivity index (χ2v) is 4.84. The molecule has 1 rings (SSSR count). The highest BCUT2D eigenvalue weighted by atomic mass is 19.1. The van der Waals surface area contributed by atoms with Crippen molar-refractivity contribution in [2.75, 3.05) is 11.9 Å². The van der Waals surface area contributed by atoms with E-state index in [1.807, 2.05) is 0 Å². The summed E-state index contributed by atoms with van der Waals surface area (Å²) < 4.78 is 13.3. The number of nitrogens with one attached hydrogen (secondary N) is 2. The van der Waals surface area contributed by atoms with E-state index in [4.69, 9.17) is 5.11 Å². The molecule has 0 saturated heterocycles. The molecule has 0 fully saturated rings. The van der Waals surface area contributed by atoms with Gasteiger partial charge in [0.25, 0.3) is 0 Å². The lowest BCUT2D eigenvalue weighted by Crippen LogP contribution is -2.43. The number of carboxylic acids is 1. The van der Waals surface area contributed by atoms with E-state index in [1.54, 1.807) is 6.92 Å². The monoisotopic (exact) mass is 284 g/mol. The fourth-order valence-corrected chi connectivity index (χ4v) is 1.50. The molecular formula is C13H17FN2O4. The lowest BCUT2D eigenvalue weighted by Gasteiger charge is -2.21. The molecular weight excluding hydrogens is 267 g/mol. The third-order valence-electron chi connectivity index (χ3n) is 2.59. The van der Waals surface area contributed by atoms with E-state index in [-0.39, 0.29) is 12.2 Å². The van der Waals surface area contributed by atoms with Crippen LogP contribution in [0.15, 0.2) is 18.2 Å². The Labute approximate surface area is 115 Å². The van der Waals surface area contributed by atoms with Gasteiger partial charge in [0.2, 0.25) is 0 Å². The number of carbonyl (C=O) groups is 2. The van der Waals surface area contributed by atoms with Gasteiger partial charge in [-0.3, -0.25) is 4.79 Å². The second-order valence-electron chi connectivity index (χ2n) is 4.84. The summed E-state index contributed by atoms with van der Waals surface area (Å²) in [4.78, 5) is 22.0. The number of hydrogen-bond acceptors (Lipinski definition) is 3. The second kappa shape index (κ2) is 6.33. The van der Waals surface area contributed by atoms with Gasteiger partial charge in [0.1, 0.15) is 5.82 Å². The summed E-state index contributed by atoms with van der Waals surface area (Å²) in [5.41, 5.74) is -0.828. The summed E-state index contributed by atoms with van der Waals surface area (Å²) in [7, 11) is 0. The number of hydrogen-bond donors (Lipinski definition) is 4. The molecule has 1 aromatic carbocycles. The van der Waals surface area contributed by atoms with Crippen LogP contribution < -0.4 is 10.6 Å². The standard InChI is InChI=1S/C13H17FN2O4/c1-8-3-4-9(5-10(8)14)16-12(19)15-7-13(2,20)6-11(17)18/h3-5,20H,6-7H2,1-2H3,(H,17,18)(H2,15,16,19). The number of amides is 2. The summed E-state index contributed by atoms with van der Waals surface area (Å²) in [5, 5.41) is 23.0. The Hall–Kier alpha value is -2.15. The molecule has 0 bridgehead atoms. The number of carbonyl (C=O) groups excluding carboxylic acids is 1. The summed E-state index contributed by atoms with van der Waals surface area (Å²) in [6.45, 7) is 2.66. The van der Waals surface area contributed by atoms with Crippen molar-refractivity contribution in [1.29, 1.82) is 0 Å². The smallest absolute Gasteiger partial charge is 0.319 e. The molecule has 1 atom stereocenters. The molecule has 1 unspecified atom stereocenters. The Balaban J connectivity index is 2.51. The zero-order valence-electron chi connectivity index (χ0n) is 11.2. The average molecular weight is 284 g/mol. The Bertz CT molecular complexity index is 517. The van der Waals surface area contributed by atoms with Crippen LogP contribution in [0.1, 0.15) is 18.9 Å². The van der Waals surface area contributed by atoms with E-state index >= 15 is 0 Å². The molecule has 7 heteroatoms. The predicted molar refractivity (Wildman–Crippen MR) is 71.0 cm³/mol. The third kappa shape index (κ3) is 5.23.